The third kappa shape index (κ3) is 3.48. The molecule has 2 heterocycles. The quantitative estimate of drug-likeness (QED) is 0.881. The van der Waals surface area contributed by atoms with Gasteiger partial charge < -0.3 is 15.2 Å². The lowest BCUT2D eigenvalue weighted by molar-refractivity contribution is 0.0937. The Labute approximate surface area is 144 Å². The highest BCUT2D eigenvalue weighted by atomic mass is 16.1. The average Bonchev–Trinajstić information content (AvgIpc) is 2.89. The van der Waals surface area contributed by atoms with Crippen molar-refractivity contribution in [3.8, 4) is 0 Å². The van der Waals surface area contributed by atoms with Gasteiger partial charge in [0.2, 0.25) is 0 Å². The van der Waals surface area contributed by atoms with E-state index in [0.717, 1.165) is 28.7 Å². The van der Waals surface area contributed by atoms with Crippen LogP contribution in [0.4, 0.5) is 0 Å². The lowest BCUT2D eigenvalue weighted by Gasteiger charge is -2.31. The van der Waals surface area contributed by atoms with Gasteiger partial charge in [0.25, 0.3) is 5.91 Å². The predicted molar refractivity (Wildman–Crippen MR) is 99.6 cm³/mol. The molecule has 4 heteroatoms. The number of aryl methyl sites for hydroxylation is 2. The highest BCUT2D eigenvalue weighted by molar-refractivity contribution is 6.06. The number of aromatic nitrogens is 1. The molecule has 0 spiro atoms. The number of carbonyl (C=O) groups is 1. The maximum Gasteiger partial charge on any atom is 0.253 e. The summed E-state index contributed by atoms with van der Waals surface area (Å²) in [7, 11) is 0. The predicted octanol–water partition coefficient (Wildman–Crippen LogP) is 3.64. The van der Waals surface area contributed by atoms with Gasteiger partial charge in [0.1, 0.15) is 0 Å². The topological polar surface area (TPSA) is 48.1 Å². The lowest BCUT2D eigenvalue weighted by atomic mass is 9.96. The molecule has 130 valence electrons. The number of nitrogens with one attached hydrogen (secondary N) is 2. The number of para-hydroxylation sites is 1. The van der Waals surface area contributed by atoms with Crippen molar-refractivity contribution in [3.05, 3.63) is 35.0 Å². The summed E-state index contributed by atoms with van der Waals surface area (Å²) in [5.74, 6) is 0.645. The molecule has 1 aliphatic rings. The third-order valence-corrected chi connectivity index (χ3v) is 5.39. The molecule has 2 aromatic rings. The summed E-state index contributed by atoms with van der Waals surface area (Å²) in [6.07, 6.45) is 3.59. The molecule has 4 nitrogen and oxygen atoms in total. The van der Waals surface area contributed by atoms with Gasteiger partial charge in [-0.2, -0.15) is 0 Å². The number of H-pyrrole nitrogens is 1. The normalized spacial score (nSPS) is 16.6. The van der Waals surface area contributed by atoms with Crippen LogP contribution in [0.3, 0.4) is 0 Å². The molecule has 0 saturated carbocycles. The van der Waals surface area contributed by atoms with E-state index < -0.39 is 0 Å². The van der Waals surface area contributed by atoms with E-state index in [1.807, 2.05) is 12.1 Å². The Bertz CT molecular complexity index is 711. The minimum absolute atomic E-state index is 0.0397. The second-order valence-corrected chi connectivity index (χ2v) is 7.10. The molecule has 24 heavy (non-hydrogen) atoms. The number of hydrogen-bond donors (Lipinski definition) is 2. The summed E-state index contributed by atoms with van der Waals surface area (Å²) in [6, 6.07) is 5.96. The number of fused-ring (bicyclic) bond motifs is 1. The molecule has 1 saturated heterocycles. The third-order valence-electron chi connectivity index (χ3n) is 5.39. The van der Waals surface area contributed by atoms with Gasteiger partial charge in [-0.25, -0.2) is 0 Å². The second-order valence-electron chi connectivity index (χ2n) is 7.10. The highest BCUT2D eigenvalue weighted by Crippen LogP contribution is 2.24. The largest absolute Gasteiger partial charge is 0.358 e. The van der Waals surface area contributed by atoms with Gasteiger partial charge in [-0.3, -0.25) is 4.79 Å². The first-order chi connectivity index (χ1) is 11.6. The van der Waals surface area contributed by atoms with Crippen molar-refractivity contribution in [3.63, 3.8) is 0 Å². The van der Waals surface area contributed by atoms with Gasteiger partial charge in [-0.15, -0.1) is 0 Å². The summed E-state index contributed by atoms with van der Waals surface area (Å²) in [5.41, 5.74) is 4.08. The van der Waals surface area contributed by atoms with Crippen molar-refractivity contribution in [2.75, 3.05) is 26.2 Å². The summed E-state index contributed by atoms with van der Waals surface area (Å²) in [6.45, 7) is 10.7. The van der Waals surface area contributed by atoms with Crippen molar-refractivity contribution in [1.82, 2.24) is 15.2 Å². The molecule has 3 rings (SSSR count). The van der Waals surface area contributed by atoms with Crippen LogP contribution in [0.15, 0.2) is 18.2 Å². The van der Waals surface area contributed by atoms with E-state index in [1.165, 1.54) is 44.5 Å². The summed E-state index contributed by atoms with van der Waals surface area (Å²) in [4.78, 5) is 18.5. The molecule has 1 aromatic carbocycles. The molecule has 1 fully saturated rings. The van der Waals surface area contributed by atoms with Crippen LogP contribution in [0, 0.1) is 19.8 Å². The first-order valence-electron chi connectivity index (χ1n) is 9.18. The summed E-state index contributed by atoms with van der Waals surface area (Å²) < 4.78 is 0. The van der Waals surface area contributed by atoms with Crippen LogP contribution < -0.4 is 5.32 Å². The minimum atomic E-state index is 0.0397. The van der Waals surface area contributed by atoms with E-state index in [9.17, 15) is 4.79 Å². The Morgan fingerprint density at radius 2 is 2.04 bits per heavy atom. The average molecular weight is 327 g/mol. The van der Waals surface area contributed by atoms with E-state index in [1.54, 1.807) is 0 Å². The molecule has 1 aromatic heterocycles. The van der Waals surface area contributed by atoms with Crippen molar-refractivity contribution in [1.29, 1.82) is 0 Å². The van der Waals surface area contributed by atoms with Crippen LogP contribution in [-0.4, -0.2) is 42.0 Å². The lowest BCUT2D eigenvalue weighted by Crippen LogP contribution is -2.38. The zero-order valence-electron chi connectivity index (χ0n) is 15.1. The van der Waals surface area contributed by atoms with Crippen molar-refractivity contribution in [2.45, 2.75) is 40.0 Å². The highest BCUT2D eigenvalue weighted by Gasteiger charge is 2.20. The number of amides is 1. The Kier molecular flexibility index (Phi) is 5.24. The number of rotatable bonds is 5. The fraction of sp³-hybridized carbons (Fsp3) is 0.550. The number of aromatic amines is 1. The Balaban J connectivity index is 1.61. The van der Waals surface area contributed by atoms with E-state index in [2.05, 4.69) is 42.0 Å². The zero-order chi connectivity index (χ0) is 17.1. The Morgan fingerprint density at radius 3 is 2.75 bits per heavy atom. The smallest absolute Gasteiger partial charge is 0.253 e. The molecule has 1 aliphatic heterocycles. The van der Waals surface area contributed by atoms with E-state index in [-0.39, 0.29) is 5.91 Å². The number of carbonyl (C=O) groups excluding carboxylic acids is 1. The van der Waals surface area contributed by atoms with Crippen LogP contribution in [0.25, 0.3) is 10.9 Å². The van der Waals surface area contributed by atoms with Crippen LogP contribution in [0.5, 0.6) is 0 Å². The van der Waals surface area contributed by atoms with Crippen LogP contribution in [-0.2, 0) is 0 Å². The fourth-order valence-corrected chi connectivity index (χ4v) is 3.73. The Hall–Kier alpha value is -1.81. The summed E-state index contributed by atoms with van der Waals surface area (Å²) in [5, 5.41) is 4.31. The number of benzene rings is 1. The molecule has 2 N–H and O–H groups in total. The summed E-state index contributed by atoms with van der Waals surface area (Å²) >= 11 is 0. The molecular formula is C20H29N3O. The van der Waals surface area contributed by atoms with Crippen LogP contribution in [0.2, 0.25) is 0 Å². The number of likely N-dealkylation sites (tertiary alicyclic amines) is 1. The van der Waals surface area contributed by atoms with Gasteiger partial charge in [0.05, 0.1) is 11.1 Å². The van der Waals surface area contributed by atoms with Crippen molar-refractivity contribution >= 4 is 16.8 Å². The minimum Gasteiger partial charge on any atom is -0.358 e. The monoisotopic (exact) mass is 327 g/mol. The maximum absolute atomic E-state index is 12.6. The molecular weight excluding hydrogens is 298 g/mol. The molecule has 0 radical (unpaired) electrons. The van der Waals surface area contributed by atoms with E-state index in [0.29, 0.717) is 5.92 Å². The van der Waals surface area contributed by atoms with Crippen molar-refractivity contribution in [2.24, 2.45) is 5.92 Å². The first-order valence-corrected chi connectivity index (χ1v) is 9.18. The molecule has 0 unspecified atom stereocenters. The molecule has 0 bridgehead atoms. The Morgan fingerprint density at radius 1 is 1.29 bits per heavy atom. The van der Waals surface area contributed by atoms with Crippen LogP contribution in [0.1, 0.15) is 47.8 Å². The number of hydrogen-bond acceptors (Lipinski definition) is 2. The number of piperidine rings is 1. The van der Waals surface area contributed by atoms with Crippen LogP contribution >= 0.6 is 0 Å². The maximum atomic E-state index is 12.6. The number of nitrogens with zero attached hydrogens (tertiary/aromatic N) is 1. The van der Waals surface area contributed by atoms with Gasteiger partial charge in [-0.05, 0) is 70.3 Å². The van der Waals surface area contributed by atoms with E-state index >= 15 is 0 Å². The first kappa shape index (κ1) is 17.0. The van der Waals surface area contributed by atoms with Gasteiger partial charge in [-0.1, -0.05) is 19.1 Å². The zero-order valence-corrected chi connectivity index (χ0v) is 15.1. The molecule has 0 aliphatic carbocycles. The van der Waals surface area contributed by atoms with E-state index in [4.69, 9.17) is 0 Å². The fourth-order valence-electron chi connectivity index (χ4n) is 3.73. The SMILES string of the molecule is CCCN1CCC(CNC(=O)c2cccc3c(C)c(C)[nH]c23)CC1. The van der Waals surface area contributed by atoms with Gasteiger partial charge in [0.15, 0.2) is 0 Å². The molecule has 0 atom stereocenters. The molecule has 1 amide bonds. The van der Waals surface area contributed by atoms with Crippen molar-refractivity contribution < 1.29 is 4.79 Å². The van der Waals surface area contributed by atoms with Gasteiger partial charge >= 0.3 is 0 Å². The second kappa shape index (κ2) is 7.39. The van der Waals surface area contributed by atoms with Gasteiger partial charge in [0, 0.05) is 17.6 Å². The standard InChI is InChI=1S/C20H29N3O/c1-4-10-23-11-8-16(9-12-23)13-21-20(24)18-7-5-6-17-14(2)15(3)22-19(17)18/h5-7,16,22H,4,8-13H2,1-3H3,(H,21,24).